The lowest BCUT2D eigenvalue weighted by molar-refractivity contribution is -0.120. The number of nitrogens with one attached hydrogen (secondary N) is 2. The van der Waals surface area contributed by atoms with Crippen molar-refractivity contribution < 1.29 is 9.59 Å². The highest BCUT2D eigenvalue weighted by molar-refractivity contribution is 5.96. The standard InChI is InChI=1S/C21H25N3O2/c1-15-5-7-16(8-6-15)13-23-24-19(25)14-22-20(26)17-9-11-18(12-10-17)21(2,3)4/h5-13H,14H2,1-4H3,(H,22,26)(H,24,25)/b23-13-. The molecule has 26 heavy (non-hydrogen) atoms. The number of aryl methyl sites for hydroxylation is 1. The lowest BCUT2D eigenvalue weighted by Gasteiger charge is -2.19. The fourth-order valence-corrected chi connectivity index (χ4v) is 2.26. The summed E-state index contributed by atoms with van der Waals surface area (Å²) in [6.07, 6.45) is 1.56. The second kappa shape index (κ2) is 8.43. The summed E-state index contributed by atoms with van der Waals surface area (Å²) >= 11 is 0. The molecule has 0 saturated heterocycles. The van der Waals surface area contributed by atoms with Crippen LogP contribution in [0.25, 0.3) is 0 Å². The number of rotatable bonds is 5. The molecule has 0 aliphatic carbocycles. The molecule has 0 aromatic heterocycles. The molecule has 0 aliphatic rings. The van der Waals surface area contributed by atoms with E-state index in [1.807, 2.05) is 43.3 Å². The summed E-state index contributed by atoms with van der Waals surface area (Å²) in [6.45, 7) is 8.21. The van der Waals surface area contributed by atoms with Gasteiger partial charge in [0.1, 0.15) is 0 Å². The number of hydrogen-bond acceptors (Lipinski definition) is 3. The van der Waals surface area contributed by atoms with Crippen molar-refractivity contribution in [3.8, 4) is 0 Å². The molecule has 0 spiro atoms. The quantitative estimate of drug-likeness (QED) is 0.642. The number of hydrazone groups is 1. The van der Waals surface area contributed by atoms with E-state index in [0.29, 0.717) is 5.56 Å². The molecule has 5 heteroatoms. The van der Waals surface area contributed by atoms with Crippen molar-refractivity contribution in [3.63, 3.8) is 0 Å². The molecule has 0 bridgehead atoms. The van der Waals surface area contributed by atoms with Crippen molar-refractivity contribution in [2.24, 2.45) is 5.10 Å². The van der Waals surface area contributed by atoms with E-state index < -0.39 is 0 Å². The van der Waals surface area contributed by atoms with Gasteiger partial charge < -0.3 is 5.32 Å². The topological polar surface area (TPSA) is 70.6 Å². The molecule has 2 rings (SSSR count). The van der Waals surface area contributed by atoms with Gasteiger partial charge in [-0.1, -0.05) is 62.7 Å². The minimum absolute atomic E-state index is 0.0321. The fourth-order valence-electron chi connectivity index (χ4n) is 2.26. The van der Waals surface area contributed by atoms with Gasteiger partial charge in [0.25, 0.3) is 11.8 Å². The van der Waals surface area contributed by atoms with Crippen molar-refractivity contribution >= 4 is 18.0 Å². The number of hydrogen-bond donors (Lipinski definition) is 2. The van der Waals surface area contributed by atoms with Gasteiger partial charge in [-0.2, -0.15) is 5.10 Å². The number of nitrogens with zero attached hydrogens (tertiary/aromatic N) is 1. The minimum Gasteiger partial charge on any atom is -0.343 e. The first kappa shape index (κ1) is 19.4. The largest absolute Gasteiger partial charge is 0.343 e. The Kier molecular flexibility index (Phi) is 6.28. The first-order chi connectivity index (χ1) is 12.3. The molecule has 0 heterocycles. The lowest BCUT2D eigenvalue weighted by atomic mass is 9.87. The maximum atomic E-state index is 12.1. The molecule has 0 radical (unpaired) electrons. The first-order valence-electron chi connectivity index (χ1n) is 8.53. The van der Waals surface area contributed by atoms with E-state index in [2.05, 4.69) is 36.6 Å². The molecule has 2 aromatic carbocycles. The molecule has 2 N–H and O–H groups in total. The Labute approximate surface area is 154 Å². The van der Waals surface area contributed by atoms with Gasteiger partial charge in [-0.05, 0) is 35.6 Å². The summed E-state index contributed by atoms with van der Waals surface area (Å²) in [5, 5.41) is 6.47. The van der Waals surface area contributed by atoms with Crippen molar-refractivity contribution in [1.29, 1.82) is 0 Å². The van der Waals surface area contributed by atoms with Gasteiger partial charge in [0.15, 0.2) is 0 Å². The van der Waals surface area contributed by atoms with E-state index in [4.69, 9.17) is 0 Å². The Morgan fingerprint density at radius 2 is 1.62 bits per heavy atom. The third kappa shape index (κ3) is 5.84. The van der Waals surface area contributed by atoms with Gasteiger partial charge in [0.05, 0.1) is 12.8 Å². The molecule has 5 nitrogen and oxygen atoms in total. The Morgan fingerprint density at radius 3 is 2.19 bits per heavy atom. The smallest absolute Gasteiger partial charge is 0.259 e. The molecule has 0 unspecified atom stereocenters. The summed E-state index contributed by atoms with van der Waals surface area (Å²) in [5.74, 6) is -0.670. The van der Waals surface area contributed by atoms with E-state index in [1.165, 1.54) is 0 Å². The molecule has 0 saturated carbocycles. The van der Waals surface area contributed by atoms with Gasteiger partial charge in [0, 0.05) is 5.56 Å². The fraction of sp³-hybridized carbons (Fsp3) is 0.286. The van der Waals surface area contributed by atoms with E-state index >= 15 is 0 Å². The van der Waals surface area contributed by atoms with Crippen LogP contribution in [-0.2, 0) is 10.2 Å². The summed E-state index contributed by atoms with van der Waals surface area (Å²) < 4.78 is 0. The highest BCUT2D eigenvalue weighted by Gasteiger charge is 2.14. The molecular formula is C21H25N3O2. The average molecular weight is 351 g/mol. The first-order valence-corrected chi connectivity index (χ1v) is 8.53. The Hall–Kier alpha value is -2.95. The summed E-state index contributed by atoms with van der Waals surface area (Å²) in [7, 11) is 0. The zero-order valence-electron chi connectivity index (χ0n) is 15.7. The van der Waals surface area contributed by atoms with Crippen molar-refractivity contribution in [3.05, 3.63) is 70.8 Å². The maximum Gasteiger partial charge on any atom is 0.259 e. The predicted molar refractivity (Wildman–Crippen MR) is 104 cm³/mol. The van der Waals surface area contributed by atoms with E-state index in [0.717, 1.165) is 16.7 Å². The minimum atomic E-state index is -0.381. The van der Waals surface area contributed by atoms with Crippen LogP contribution in [0, 0.1) is 6.92 Å². The van der Waals surface area contributed by atoms with Gasteiger partial charge in [-0.25, -0.2) is 5.43 Å². The normalized spacial score (nSPS) is 11.4. The number of benzene rings is 2. The van der Waals surface area contributed by atoms with E-state index in [9.17, 15) is 9.59 Å². The zero-order chi connectivity index (χ0) is 19.2. The third-order valence-electron chi connectivity index (χ3n) is 3.90. The summed E-state index contributed by atoms with van der Waals surface area (Å²) in [6, 6.07) is 15.2. The molecule has 2 amide bonds. The number of amides is 2. The van der Waals surface area contributed by atoms with Crippen LogP contribution in [0.15, 0.2) is 53.6 Å². The van der Waals surface area contributed by atoms with Gasteiger partial charge in [0.2, 0.25) is 0 Å². The molecule has 0 atom stereocenters. The molecule has 0 fully saturated rings. The monoisotopic (exact) mass is 351 g/mol. The second-order valence-electron chi connectivity index (χ2n) is 7.21. The van der Waals surface area contributed by atoms with Crippen LogP contribution in [0.1, 0.15) is 47.8 Å². The Bertz CT molecular complexity index is 786. The van der Waals surface area contributed by atoms with Crippen LogP contribution < -0.4 is 10.7 Å². The Morgan fingerprint density at radius 1 is 1.00 bits per heavy atom. The van der Waals surface area contributed by atoms with Crippen LogP contribution in [0.5, 0.6) is 0 Å². The SMILES string of the molecule is Cc1ccc(/C=N\NC(=O)CNC(=O)c2ccc(C(C)(C)C)cc2)cc1. The van der Waals surface area contributed by atoms with Gasteiger partial charge >= 0.3 is 0 Å². The van der Waals surface area contributed by atoms with E-state index in [-0.39, 0.29) is 23.8 Å². The Balaban J connectivity index is 1.81. The maximum absolute atomic E-state index is 12.1. The highest BCUT2D eigenvalue weighted by Crippen LogP contribution is 2.22. The number of carbonyl (C=O) groups excluding carboxylic acids is 2. The van der Waals surface area contributed by atoms with Crippen molar-refractivity contribution in [1.82, 2.24) is 10.7 Å². The molecule has 0 aliphatic heterocycles. The van der Waals surface area contributed by atoms with Crippen LogP contribution in [0.3, 0.4) is 0 Å². The lowest BCUT2D eigenvalue weighted by Crippen LogP contribution is -2.34. The van der Waals surface area contributed by atoms with Gasteiger partial charge in [-0.15, -0.1) is 0 Å². The molecule has 2 aromatic rings. The zero-order valence-corrected chi connectivity index (χ0v) is 15.7. The molecule has 136 valence electrons. The third-order valence-corrected chi connectivity index (χ3v) is 3.90. The summed E-state index contributed by atoms with van der Waals surface area (Å²) in [4.78, 5) is 23.9. The average Bonchev–Trinajstić information content (AvgIpc) is 2.61. The van der Waals surface area contributed by atoms with Crippen LogP contribution in [0.2, 0.25) is 0 Å². The predicted octanol–water partition coefficient (Wildman–Crippen LogP) is 3.17. The highest BCUT2D eigenvalue weighted by atomic mass is 16.2. The summed E-state index contributed by atoms with van der Waals surface area (Å²) in [5.41, 5.74) is 6.15. The van der Waals surface area contributed by atoms with Crippen LogP contribution in [-0.4, -0.2) is 24.6 Å². The van der Waals surface area contributed by atoms with Crippen LogP contribution in [0.4, 0.5) is 0 Å². The molecular weight excluding hydrogens is 326 g/mol. The van der Waals surface area contributed by atoms with Crippen LogP contribution >= 0.6 is 0 Å². The van der Waals surface area contributed by atoms with Gasteiger partial charge in [-0.3, -0.25) is 9.59 Å². The van der Waals surface area contributed by atoms with Crippen molar-refractivity contribution in [2.45, 2.75) is 33.1 Å². The van der Waals surface area contributed by atoms with E-state index in [1.54, 1.807) is 18.3 Å². The van der Waals surface area contributed by atoms with Crippen molar-refractivity contribution in [2.75, 3.05) is 6.54 Å². The number of carbonyl (C=O) groups is 2. The second-order valence-corrected chi connectivity index (χ2v) is 7.21.